The topological polar surface area (TPSA) is 65.5 Å². The van der Waals surface area contributed by atoms with Crippen molar-refractivity contribution in [2.45, 2.75) is 0 Å². The van der Waals surface area contributed by atoms with E-state index in [-0.39, 0.29) is 5.91 Å². The van der Waals surface area contributed by atoms with Gasteiger partial charge >= 0.3 is 0 Å². The zero-order valence-electron chi connectivity index (χ0n) is 13.7. The Kier molecular flexibility index (Phi) is 4.80. The SMILES string of the molecule is CN(C)c1cc(C(=O)N2CCN(c3ncccn3)CC2)cc(Cl)n1. The Morgan fingerprint density at radius 2 is 1.79 bits per heavy atom. The summed E-state index contributed by atoms with van der Waals surface area (Å²) >= 11 is 6.05. The van der Waals surface area contributed by atoms with Crippen molar-refractivity contribution in [2.24, 2.45) is 0 Å². The van der Waals surface area contributed by atoms with E-state index in [2.05, 4.69) is 19.9 Å². The molecule has 1 aliphatic rings. The summed E-state index contributed by atoms with van der Waals surface area (Å²) in [4.78, 5) is 31.2. The second-order valence-electron chi connectivity index (χ2n) is 5.76. The van der Waals surface area contributed by atoms with Crippen LogP contribution in [-0.4, -0.2) is 66.0 Å². The molecule has 0 unspecified atom stereocenters. The summed E-state index contributed by atoms with van der Waals surface area (Å²) in [6.45, 7) is 2.65. The Morgan fingerprint density at radius 3 is 2.42 bits per heavy atom. The predicted molar refractivity (Wildman–Crippen MR) is 93.7 cm³/mol. The molecule has 0 atom stereocenters. The van der Waals surface area contributed by atoms with Crippen LogP contribution in [0.1, 0.15) is 10.4 Å². The van der Waals surface area contributed by atoms with Gasteiger partial charge < -0.3 is 14.7 Å². The first kappa shape index (κ1) is 16.4. The van der Waals surface area contributed by atoms with Crippen LogP contribution in [0.2, 0.25) is 5.15 Å². The molecule has 2 aromatic heterocycles. The summed E-state index contributed by atoms with van der Waals surface area (Å²) < 4.78 is 0. The van der Waals surface area contributed by atoms with E-state index in [4.69, 9.17) is 11.6 Å². The number of halogens is 1. The third-order valence-corrected chi connectivity index (χ3v) is 4.08. The van der Waals surface area contributed by atoms with Gasteiger partial charge in [-0.25, -0.2) is 15.0 Å². The lowest BCUT2D eigenvalue weighted by Gasteiger charge is -2.34. The normalized spacial score (nSPS) is 14.6. The predicted octanol–water partition coefficient (Wildman–Crippen LogP) is 1.55. The van der Waals surface area contributed by atoms with Gasteiger partial charge in [-0.3, -0.25) is 4.79 Å². The van der Waals surface area contributed by atoms with Crippen LogP contribution in [0.5, 0.6) is 0 Å². The van der Waals surface area contributed by atoms with Crippen LogP contribution in [0.15, 0.2) is 30.6 Å². The van der Waals surface area contributed by atoms with Crippen molar-refractivity contribution in [3.05, 3.63) is 41.3 Å². The molecule has 7 nitrogen and oxygen atoms in total. The van der Waals surface area contributed by atoms with E-state index in [1.54, 1.807) is 30.6 Å². The number of hydrogen-bond donors (Lipinski definition) is 0. The molecule has 0 N–H and O–H groups in total. The number of hydrogen-bond acceptors (Lipinski definition) is 6. The Bertz CT molecular complexity index is 716. The third-order valence-electron chi connectivity index (χ3n) is 3.89. The van der Waals surface area contributed by atoms with E-state index in [0.717, 1.165) is 0 Å². The second kappa shape index (κ2) is 7.00. The largest absolute Gasteiger partial charge is 0.363 e. The fourth-order valence-electron chi connectivity index (χ4n) is 2.58. The molecule has 1 fully saturated rings. The van der Waals surface area contributed by atoms with Gasteiger partial charge in [0, 0.05) is 58.2 Å². The minimum Gasteiger partial charge on any atom is -0.363 e. The summed E-state index contributed by atoms with van der Waals surface area (Å²) in [6.07, 6.45) is 3.45. The van der Waals surface area contributed by atoms with Gasteiger partial charge in [-0.05, 0) is 18.2 Å². The van der Waals surface area contributed by atoms with Crippen LogP contribution in [0, 0.1) is 0 Å². The number of rotatable bonds is 3. The molecule has 1 amide bonds. The Morgan fingerprint density at radius 1 is 1.12 bits per heavy atom. The van der Waals surface area contributed by atoms with Crippen LogP contribution in [0.25, 0.3) is 0 Å². The highest BCUT2D eigenvalue weighted by molar-refractivity contribution is 6.29. The van der Waals surface area contributed by atoms with Crippen LogP contribution in [-0.2, 0) is 0 Å². The fraction of sp³-hybridized carbons (Fsp3) is 0.375. The van der Waals surface area contributed by atoms with Crippen LogP contribution in [0.4, 0.5) is 11.8 Å². The smallest absolute Gasteiger partial charge is 0.254 e. The molecule has 24 heavy (non-hydrogen) atoms. The highest BCUT2D eigenvalue weighted by Crippen LogP contribution is 2.19. The molecule has 3 heterocycles. The highest BCUT2D eigenvalue weighted by Gasteiger charge is 2.24. The molecular formula is C16H19ClN6O. The number of carbonyl (C=O) groups is 1. The molecule has 126 valence electrons. The first-order valence-corrected chi connectivity index (χ1v) is 8.08. The van der Waals surface area contributed by atoms with Gasteiger partial charge in [0.05, 0.1) is 0 Å². The Hall–Kier alpha value is -2.41. The number of anilines is 2. The quantitative estimate of drug-likeness (QED) is 0.786. The second-order valence-corrected chi connectivity index (χ2v) is 6.15. The van der Waals surface area contributed by atoms with Gasteiger partial charge in [0.2, 0.25) is 5.95 Å². The molecule has 3 rings (SSSR count). The average Bonchev–Trinajstić information content (AvgIpc) is 2.61. The molecule has 2 aromatic rings. The van der Waals surface area contributed by atoms with Crippen LogP contribution >= 0.6 is 11.6 Å². The van der Waals surface area contributed by atoms with Crippen molar-refractivity contribution in [3.8, 4) is 0 Å². The van der Waals surface area contributed by atoms with Gasteiger partial charge in [0.25, 0.3) is 5.91 Å². The number of aromatic nitrogens is 3. The molecular weight excluding hydrogens is 328 g/mol. The minimum absolute atomic E-state index is 0.0315. The maximum atomic E-state index is 12.7. The zero-order valence-corrected chi connectivity index (χ0v) is 14.4. The molecule has 8 heteroatoms. The standard InChI is InChI=1S/C16H19ClN6O/c1-21(2)14-11-12(10-13(17)20-14)15(24)22-6-8-23(9-7-22)16-18-4-3-5-19-16/h3-5,10-11H,6-9H2,1-2H3. The molecule has 0 aromatic carbocycles. The lowest BCUT2D eigenvalue weighted by Crippen LogP contribution is -2.49. The summed E-state index contributed by atoms with van der Waals surface area (Å²) in [5, 5.41) is 0.320. The molecule has 0 radical (unpaired) electrons. The van der Waals surface area contributed by atoms with Gasteiger partial charge in [-0.2, -0.15) is 0 Å². The molecule has 0 bridgehead atoms. The van der Waals surface area contributed by atoms with E-state index >= 15 is 0 Å². The zero-order chi connectivity index (χ0) is 17.1. The van der Waals surface area contributed by atoms with Crippen molar-refractivity contribution in [2.75, 3.05) is 50.1 Å². The van der Waals surface area contributed by atoms with Crippen molar-refractivity contribution in [3.63, 3.8) is 0 Å². The van der Waals surface area contributed by atoms with Crippen molar-refractivity contribution in [1.29, 1.82) is 0 Å². The van der Waals surface area contributed by atoms with Crippen molar-refractivity contribution in [1.82, 2.24) is 19.9 Å². The van der Waals surface area contributed by atoms with Crippen LogP contribution in [0.3, 0.4) is 0 Å². The van der Waals surface area contributed by atoms with Crippen LogP contribution < -0.4 is 9.80 Å². The molecule has 1 saturated heterocycles. The first-order chi connectivity index (χ1) is 11.5. The van der Waals surface area contributed by atoms with E-state index in [0.29, 0.717) is 48.7 Å². The van der Waals surface area contributed by atoms with Gasteiger partial charge in [-0.1, -0.05) is 11.6 Å². The lowest BCUT2D eigenvalue weighted by molar-refractivity contribution is 0.0746. The lowest BCUT2D eigenvalue weighted by atomic mass is 10.2. The fourth-order valence-corrected chi connectivity index (χ4v) is 2.79. The van der Waals surface area contributed by atoms with Gasteiger partial charge in [-0.15, -0.1) is 0 Å². The highest BCUT2D eigenvalue weighted by atomic mass is 35.5. The maximum Gasteiger partial charge on any atom is 0.254 e. The van der Waals surface area contributed by atoms with E-state index in [1.807, 2.05) is 23.9 Å². The monoisotopic (exact) mass is 346 g/mol. The summed E-state index contributed by atoms with van der Waals surface area (Å²) in [6, 6.07) is 5.17. The minimum atomic E-state index is -0.0315. The van der Waals surface area contributed by atoms with E-state index < -0.39 is 0 Å². The molecule has 0 aliphatic carbocycles. The van der Waals surface area contributed by atoms with E-state index in [9.17, 15) is 4.79 Å². The third kappa shape index (κ3) is 3.56. The maximum absolute atomic E-state index is 12.7. The van der Waals surface area contributed by atoms with Gasteiger partial charge in [0.1, 0.15) is 11.0 Å². The van der Waals surface area contributed by atoms with E-state index in [1.165, 1.54) is 0 Å². The van der Waals surface area contributed by atoms with Crippen molar-refractivity contribution >= 4 is 29.3 Å². The number of amides is 1. The summed E-state index contributed by atoms with van der Waals surface area (Å²) in [5.74, 6) is 1.34. The first-order valence-electron chi connectivity index (χ1n) is 7.71. The average molecular weight is 347 g/mol. The Balaban J connectivity index is 1.69. The number of piperazine rings is 1. The molecule has 0 spiro atoms. The molecule has 0 saturated carbocycles. The summed E-state index contributed by atoms with van der Waals surface area (Å²) in [5.41, 5.74) is 0.558. The van der Waals surface area contributed by atoms with Crippen molar-refractivity contribution < 1.29 is 4.79 Å². The Labute approximate surface area is 145 Å². The number of carbonyl (C=O) groups excluding carboxylic acids is 1. The number of nitrogens with zero attached hydrogens (tertiary/aromatic N) is 6. The van der Waals surface area contributed by atoms with Gasteiger partial charge in [0.15, 0.2) is 0 Å². The number of pyridine rings is 1. The molecule has 1 aliphatic heterocycles. The summed E-state index contributed by atoms with van der Waals surface area (Å²) in [7, 11) is 3.73.